The number of anilines is 1. The van der Waals surface area contributed by atoms with Crippen LogP contribution >= 0.6 is 11.3 Å². The molecule has 1 fully saturated rings. The van der Waals surface area contributed by atoms with Gasteiger partial charge in [0.15, 0.2) is 6.04 Å². The van der Waals surface area contributed by atoms with E-state index in [2.05, 4.69) is 19.3 Å². The van der Waals surface area contributed by atoms with Crippen molar-refractivity contribution in [3.05, 3.63) is 16.0 Å². The Hall–Kier alpha value is -1.44. The number of thiophene rings is 1. The fraction of sp³-hybridized carbons (Fsp3) is 0.700. The number of rotatable bonds is 5. The van der Waals surface area contributed by atoms with E-state index in [9.17, 15) is 9.59 Å². The van der Waals surface area contributed by atoms with E-state index in [1.165, 1.54) is 14.7 Å². The number of quaternary nitrogens is 2. The fourth-order valence-electron chi connectivity index (χ4n) is 4.09. The van der Waals surface area contributed by atoms with Gasteiger partial charge < -0.3 is 19.9 Å². The molecule has 0 aromatic carbocycles. The molecule has 1 saturated heterocycles. The summed E-state index contributed by atoms with van der Waals surface area (Å²) in [6.45, 7) is 10.6. The quantitative estimate of drug-likeness (QED) is 0.605. The molecule has 1 aromatic rings. The molecule has 0 unspecified atom stereocenters. The zero-order chi connectivity index (χ0) is 19.6. The van der Waals surface area contributed by atoms with Crippen molar-refractivity contribution in [2.75, 3.05) is 45.2 Å². The van der Waals surface area contributed by atoms with E-state index >= 15 is 0 Å². The number of likely N-dealkylation sites (N-methyl/N-ethyl adjacent to an activating group) is 1. The van der Waals surface area contributed by atoms with Crippen LogP contribution in [0.4, 0.5) is 5.00 Å². The third-order valence-corrected chi connectivity index (χ3v) is 7.15. The molecule has 0 spiro atoms. The molecule has 0 saturated carbocycles. The molecule has 2 atom stereocenters. The summed E-state index contributed by atoms with van der Waals surface area (Å²) >= 11 is 1.57. The Labute approximate surface area is 165 Å². The third kappa shape index (κ3) is 4.52. The first-order chi connectivity index (χ1) is 12.9. The predicted octanol–water partition coefficient (Wildman–Crippen LogP) is -0.210. The SMILES string of the molecule is CCOC(=O)c1c(NC(=O)[C@@H](C)[NH+]2CC[NH+](C)CC2)sc2c1CC[C@H](C)C2. The van der Waals surface area contributed by atoms with Gasteiger partial charge in [0.1, 0.15) is 31.2 Å². The van der Waals surface area contributed by atoms with Crippen LogP contribution in [0.15, 0.2) is 0 Å². The number of amides is 1. The van der Waals surface area contributed by atoms with E-state index in [-0.39, 0.29) is 17.9 Å². The van der Waals surface area contributed by atoms with E-state index in [0.717, 1.165) is 51.0 Å². The number of esters is 1. The molecular weight excluding hydrogens is 362 g/mol. The maximum absolute atomic E-state index is 12.9. The number of piperazine rings is 1. The highest BCUT2D eigenvalue weighted by atomic mass is 32.1. The lowest BCUT2D eigenvalue weighted by molar-refractivity contribution is -1.01. The molecule has 2 aliphatic rings. The Morgan fingerprint density at radius 1 is 1.30 bits per heavy atom. The van der Waals surface area contributed by atoms with Crippen molar-refractivity contribution in [1.29, 1.82) is 0 Å². The van der Waals surface area contributed by atoms with Gasteiger partial charge in [0.05, 0.1) is 19.2 Å². The summed E-state index contributed by atoms with van der Waals surface area (Å²) in [6.07, 6.45) is 2.94. The summed E-state index contributed by atoms with van der Waals surface area (Å²) in [6, 6.07) is -0.119. The molecule has 3 rings (SSSR count). The smallest absolute Gasteiger partial charge is 0.341 e. The lowest BCUT2D eigenvalue weighted by atomic mass is 9.88. The number of nitrogens with one attached hydrogen (secondary N) is 3. The minimum Gasteiger partial charge on any atom is -0.462 e. The largest absolute Gasteiger partial charge is 0.462 e. The van der Waals surface area contributed by atoms with Crippen LogP contribution in [-0.4, -0.2) is 57.8 Å². The molecule has 2 heterocycles. The summed E-state index contributed by atoms with van der Waals surface area (Å²) in [7, 11) is 2.20. The molecule has 1 aromatic heterocycles. The van der Waals surface area contributed by atoms with Crippen LogP contribution in [0.2, 0.25) is 0 Å². The zero-order valence-corrected chi connectivity index (χ0v) is 17.8. The molecular formula is C20H33N3O3S+2. The molecule has 27 heavy (non-hydrogen) atoms. The summed E-state index contributed by atoms with van der Waals surface area (Å²) in [4.78, 5) is 29.6. The second kappa shape index (κ2) is 8.71. The molecule has 150 valence electrons. The van der Waals surface area contributed by atoms with Crippen LogP contribution in [0.5, 0.6) is 0 Å². The number of fused-ring (bicyclic) bond motifs is 1. The van der Waals surface area contributed by atoms with Crippen LogP contribution in [0, 0.1) is 5.92 Å². The lowest BCUT2D eigenvalue weighted by Gasteiger charge is -2.30. The Kier molecular flexibility index (Phi) is 6.55. The van der Waals surface area contributed by atoms with E-state index in [4.69, 9.17) is 4.74 Å². The Balaban J connectivity index is 1.79. The van der Waals surface area contributed by atoms with Gasteiger partial charge in [-0.1, -0.05) is 6.92 Å². The highest BCUT2D eigenvalue weighted by Crippen LogP contribution is 2.40. The van der Waals surface area contributed by atoms with Gasteiger partial charge in [-0.05, 0) is 44.6 Å². The van der Waals surface area contributed by atoms with Crippen molar-refractivity contribution < 1.29 is 24.1 Å². The monoisotopic (exact) mass is 395 g/mol. The van der Waals surface area contributed by atoms with Crippen LogP contribution < -0.4 is 15.1 Å². The molecule has 7 heteroatoms. The topological polar surface area (TPSA) is 64.3 Å². The molecule has 0 radical (unpaired) electrons. The summed E-state index contributed by atoms with van der Waals surface area (Å²) in [5, 5.41) is 3.77. The first-order valence-corrected chi connectivity index (χ1v) is 11.0. The number of hydrogen-bond donors (Lipinski definition) is 3. The Morgan fingerprint density at radius 2 is 2.00 bits per heavy atom. The maximum Gasteiger partial charge on any atom is 0.341 e. The first kappa shape index (κ1) is 20.3. The van der Waals surface area contributed by atoms with Gasteiger partial charge in [0.25, 0.3) is 5.91 Å². The maximum atomic E-state index is 12.9. The van der Waals surface area contributed by atoms with Gasteiger partial charge >= 0.3 is 5.97 Å². The van der Waals surface area contributed by atoms with Crippen LogP contribution in [0.25, 0.3) is 0 Å². The summed E-state index contributed by atoms with van der Waals surface area (Å²) < 4.78 is 5.30. The standard InChI is InChI=1S/C20H31N3O3S/c1-5-26-20(25)17-15-7-6-13(2)12-16(15)27-19(17)21-18(24)14(3)23-10-8-22(4)9-11-23/h13-14H,5-12H2,1-4H3,(H,21,24)/p+2/t13-,14+/m0/s1. The molecule has 3 N–H and O–H groups in total. The van der Waals surface area contributed by atoms with Gasteiger partial charge in [0, 0.05) is 4.88 Å². The van der Waals surface area contributed by atoms with Crippen molar-refractivity contribution in [2.45, 2.75) is 46.1 Å². The van der Waals surface area contributed by atoms with Crippen LogP contribution in [-0.2, 0) is 22.4 Å². The Bertz CT molecular complexity index is 695. The van der Waals surface area contributed by atoms with E-state index in [0.29, 0.717) is 23.1 Å². The molecule has 0 bridgehead atoms. The van der Waals surface area contributed by atoms with Crippen molar-refractivity contribution >= 4 is 28.2 Å². The number of ether oxygens (including phenoxy) is 1. The van der Waals surface area contributed by atoms with E-state index in [1.807, 2.05) is 13.8 Å². The minimum absolute atomic E-state index is 0.00162. The van der Waals surface area contributed by atoms with Crippen molar-refractivity contribution in [2.24, 2.45) is 5.92 Å². The van der Waals surface area contributed by atoms with Gasteiger partial charge in [-0.15, -0.1) is 11.3 Å². The average Bonchev–Trinajstić information content (AvgIpc) is 2.98. The van der Waals surface area contributed by atoms with Gasteiger partial charge in [-0.2, -0.15) is 0 Å². The van der Waals surface area contributed by atoms with Gasteiger partial charge in [0.2, 0.25) is 0 Å². The van der Waals surface area contributed by atoms with Crippen molar-refractivity contribution in [3.8, 4) is 0 Å². The van der Waals surface area contributed by atoms with Crippen molar-refractivity contribution in [1.82, 2.24) is 0 Å². The highest BCUT2D eigenvalue weighted by molar-refractivity contribution is 7.17. The van der Waals surface area contributed by atoms with Crippen LogP contribution in [0.1, 0.15) is 48.0 Å². The second-order valence-corrected chi connectivity index (χ2v) is 9.21. The first-order valence-electron chi connectivity index (χ1n) is 10.2. The molecule has 1 aliphatic heterocycles. The summed E-state index contributed by atoms with van der Waals surface area (Å²) in [5.41, 5.74) is 1.69. The van der Waals surface area contributed by atoms with E-state index in [1.54, 1.807) is 11.3 Å². The van der Waals surface area contributed by atoms with Crippen LogP contribution in [0.3, 0.4) is 0 Å². The molecule has 1 amide bonds. The normalized spacial score (nSPS) is 26.1. The number of hydrogen-bond acceptors (Lipinski definition) is 4. The number of carbonyl (C=O) groups is 2. The van der Waals surface area contributed by atoms with E-state index < -0.39 is 0 Å². The fourth-order valence-corrected chi connectivity index (χ4v) is 5.50. The second-order valence-electron chi connectivity index (χ2n) is 8.10. The third-order valence-electron chi connectivity index (χ3n) is 5.98. The molecule has 6 nitrogen and oxygen atoms in total. The summed E-state index contributed by atoms with van der Waals surface area (Å²) in [5.74, 6) is 0.316. The highest BCUT2D eigenvalue weighted by Gasteiger charge is 2.33. The van der Waals surface area contributed by atoms with Crippen molar-refractivity contribution in [3.63, 3.8) is 0 Å². The predicted molar refractivity (Wildman–Crippen MR) is 107 cm³/mol. The minimum atomic E-state index is -0.303. The molecule has 1 aliphatic carbocycles. The van der Waals surface area contributed by atoms with Gasteiger partial charge in [-0.25, -0.2) is 4.79 Å². The lowest BCUT2D eigenvalue weighted by Crippen LogP contribution is -3.29. The zero-order valence-electron chi connectivity index (χ0n) is 16.9. The number of carbonyl (C=O) groups excluding carboxylic acids is 2. The Morgan fingerprint density at radius 3 is 2.67 bits per heavy atom. The van der Waals surface area contributed by atoms with Gasteiger partial charge in [-0.3, -0.25) is 4.79 Å². The average molecular weight is 396 g/mol.